The van der Waals surface area contributed by atoms with Gasteiger partial charge in [-0.2, -0.15) is 10.2 Å². The Bertz CT molecular complexity index is 965. The van der Waals surface area contributed by atoms with Crippen molar-refractivity contribution >= 4 is 29.0 Å². The SMILES string of the molecule is C=C(C)C(=O)OCCc1ccc(/N=N/C(C(C)=O)C(=O)Nc2ccccc2C)cc1. The molecule has 0 aliphatic carbocycles. The molecular weight excluding hydrogens is 382 g/mol. The van der Waals surface area contributed by atoms with E-state index in [0.717, 1.165) is 11.1 Å². The smallest absolute Gasteiger partial charge is 0.333 e. The first kappa shape index (κ1) is 22.7. The highest BCUT2D eigenvalue weighted by molar-refractivity contribution is 6.10. The Balaban J connectivity index is 1.98. The quantitative estimate of drug-likeness (QED) is 0.289. The van der Waals surface area contributed by atoms with Crippen LogP contribution in [-0.4, -0.2) is 30.3 Å². The lowest BCUT2D eigenvalue weighted by Crippen LogP contribution is -2.32. The second-order valence-corrected chi connectivity index (χ2v) is 6.87. The number of hydrogen-bond donors (Lipinski definition) is 1. The number of ether oxygens (including phenoxy) is 1. The number of nitrogens with zero attached hydrogens (tertiary/aromatic N) is 2. The number of para-hydroxylation sites is 1. The number of anilines is 1. The fourth-order valence-corrected chi connectivity index (χ4v) is 2.47. The molecule has 0 heterocycles. The molecule has 2 rings (SSSR count). The Morgan fingerprint density at radius 3 is 2.33 bits per heavy atom. The van der Waals surface area contributed by atoms with E-state index in [0.29, 0.717) is 23.4 Å². The van der Waals surface area contributed by atoms with Crippen LogP contribution in [0.25, 0.3) is 0 Å². The number of ketones is 1. The van der Waals surface area contributed by atoms with Gasteiger partial charge in [0.25, 0.3) is 5.91 Å². The van der Waals surface area contributed by atoms with Crippen LogP contribution in [0.2, 0.25) is 0 Å². The topological polar surface area (TPSA) is 97.2 Å². The number of rotatable bonds is 9. The summed E-state index contributed by atoms with van der Waals surface area (Å²) < 4.78 is 5.06. The molecule has 0 saturated heterocycles. The summed E-state index contributed by atoms with van der Waals surface area (Å²) in [6.07, 6.45) is 0.547. The number of benzene rings is 2. The van der Waals surface area contributed by atoms with Gasteiger partial charge < -0.3 is 10.1 Å². The predicted molar refractivity (Wildman–Crippen MR) is 115 cm³/mol. The molecule has 0 saturated carbocycles. The van der Waals surface area contributed by atoms with Crippen molar-refractivity contribution in [3.63, 3.8) is 0 Å². The van der Waals surface area contributed by atoms with Crippen LogP contribution in [0, 0.1) is 6.92 Å². The van der Waals surface area contributed by atoms with E-state index in [1.54, 1.807) is 31.2 Å². The third-order valence-electron chi connectivity index (χ3n) is 4.23. The van der Waals surface area contributed by atoms with Gasteiger partial charge in [0.05, 0.1) is 12.3 Å². The highest BCUT2D eigenvalue weighted by Crippen LogP contribution is 2.17. The fourth-order valence-electron chi connectivity index (χ4n) is 2.47. The molecule has 156 valence electrons. The summed E-state index contributed by atoms with van der Waals surface area (Å²) in [5.74, 6) is -1.35. The van der Waals surface area contributed by atoms with E-state index in [1.165, 1.54) is 6.92 Å². The normalized spacial score (nSPS) is 11.7. The average Bonchev–Trinajstić information content (AvgIpc) is 2.70. The van der Waals surface area contributed by atoms with Crippen LogP contribution < -0.4 is 5.32 Å². The number of carbonyl (C=O) groups excluding carboxylic acids is 3. The zero-order valence-corrected chi connectivity index (χ0v) is 17.3. The molecule has 2 aromatic rings. The third-order valence-corrected chi connectivity index (χ3v) is 4.23. The van der Waals surface area contributed by atoms with Crippen LogP contribution in [0.3, 0.4) is 0 Å². The first-order valence-corrected chi connectivity index (χ1v) is 9.47. The molecule has 0 aromatic heterocycles. The molecule has 1 N–H and O–H groups in total. The van der Waals surface area contributed by atoms with E-state index in [-0.39, 0.29) is 6.61 Å². The minimum absolute atomic E-state index is 0.248. The summed E-state index contributed by atoms with van der Waals surface area (Å²) >= 11 is 0. The largest absolute Gasteiger partial charge is 0.462 e. The van der Waals surface area contributed by atoms with Gasteiger partial charge >= 0.3 is 5.97 Å². The molecule has 0 aliphatic heterocycles. The van der Waals surface area contributed by atoms with Crippen molar-refractivity contribution in [1.82, 2.24) is 0 Å². The Hall–Kier alpha value is -3.61. The lowest BCUT2D eigenvalue weighted by molar-refractivity contribution is -0.138. The summed E-state index contributed by atoms with van der Waals surface area (Å²) in [5.41, 5.74) is 3.32. The molecule has 0 radical (unpaired) electrons. The van der Waals surface area contributed by atoms with Crippen molar-refractivity contribution in [3.05, 3.63) is 71.8 Å². The van der Waals surface area contributed by atoms with Crippen molar-refractivity contribution in [2.45, 2.75) is 33.2 Å². The van der Waals surface area contributed by atoms with Crippen molar-refractivity contribution in [2.75, 3.05) is 11.9 Å². The third kappa shape index (κ3) is 6.77. The zero-order chi connectivity index (χ0) is 22.1. The second kappa shape index (κ2) is 10.8. The molecule has 7 nitrogen and oxygen atoms in total. The predicted octanol–water partition coefficient (Wildman–Crippen LogP) is 4.34. The van der Waals surface area contributed by atoms with Gasteiger partial charge in [-0.25, -0.2) is 4.79 Å². The number of hydrogen-bond acceptors (Lipinski definition) is 6. The van der Waals surface area contributed by atoms with E-state index in [9.17, 15) is 14.4 Å². The van der Waals surface area contributed by atoms with E-state index in [2.05, 4.69) is 22.1 Å². The number of azo groups is 1. The maximum Gasteiger partial charge on any atom is 0.333 e. The van der Waals surface area contributed by atoms with E-state index in [4.69, 9.17) is 4.74 Å². The van der Waals surface area contributed by atoms with Crippen LogP contribution in [-0.2, 0) is 25.5 Å². The molecule has 1 amide bonds. The number of amides is 1. The van der Waals surface area contributed by atoms with Gasteiger partial charge in [0, 0.05) is 17.7 Å². The van der Waals surface area contributed by atoms with Crippen LogP contribution in [0.5, 0.6) is 0 Å². The Kier molecular flexibility index (Phi) is 8.17. The maximum absolute atomic E-state index is 12.5. The minimum Gasteiger partial charge on any atom is -0.462 e. The van der Waals surface area contributed by atoms with Crippen molar-refractivity contribution < 1.29 is 19.1 Å². The first-order chi connectivity index (χ1) is 14.3. The van der Waals surface area contributed by atoms with Crippen molar-refractivity contribution in [2.24, 2.45) is 10.2 Å². The van der Waals surface area contributed by atoms with Gasteiger partial charge in [0.15, 0.2) is 5.78 Å². The van der Waals surface area contributed by atoms with E-state index in [1.807, 2.05) is 31.2 Å². The van der Waals surface area contributed by atoms with Crippen LogP contribution in [0.1, 0.15) is 25.0 Å². The number of Topliss-reactive ketones (excluding diaryl/α,β-unsaturated/α-hetero) is 1. The molecule has 1 unspecified atom stereocenters. The summed E-state index contributed by atoms with van der Waals surface area (Å²) in [6.45, 7) is 8.54. The molecule has 2 aromatic carbocycles. The van der Waals surface area contributed by atoms with Gasteiger partial charge in [-0.1, -0.05) is 36.9 Å². The van der Waals surface area contributed by atoms with Gasteiger partial charge in [-0.3, -0.25) is 9.59 Å². The molecule has 0 bridgehead atoms. The molecule has 0 aliphatic rings. The molecule has 1 atom stereocenters. The molecular formula is C23H25N3O4. The van der Waals surface area contributed by atoms with Gasteiger partial charge in [-0.05, 0) is 50.1 Å². The molecule has 30 heavy (non-hydrogen) atoms. The second-order valence-electron chi connectivity index (χ2n) is 6.87. The Labute approximate surface area is 175 Å². The highest BCUT2D eigenvalue weighted by atomic mass is 16.5. The summed E-state index contributed by atoms with van der Waals surface area (Å²) in [4.78, 5) is 35.7. The lowest BCUT2D eigenvalue weighted by Gasteiger charge is -2.11. The summed E-state index contributed by atoms with van der Waals surface area (Å²) in [7, 11) is 0. The van der Waals surface area contributed by atoms with Crippen molar-refractivity contribution in [3.8, 4) is 0 Å². The zero-order valence-electron chi connectivity index (χ0n) is 17.3. The summed E-state index contributed by atoms with van der Waals surface area (Å²) in [6, 6.07) is 13.1. The molecule has 0 spiro atoms. The van der Waals surface area contributed by atoms with E-state index < -0.39 is 23.7 Å². The first-order valence-electron chi connectivity index (χ1n) is 9.47. The number of carbonyl (C=O) groups is 3. The monoisotopic (exact) mass is 407 g/mol. The lowest BCUT2D eigenvalue weighted by atomic mass is 10.1. The number of esters is 1. The Morgan fingerprint density at radius 2 is 1.73 bits per heavy atom. The Morgan fingerprint density at radius 1 is 1.07 bits per heavy atom. The average molecular weight is 407 g/mol. The van der Waals surface area contributed by atoms with Crippen LogP contribution >= 0.6 is 0 Å². The van der Waals surface area contributed by atoms with E-state index >= 15 is 0 Å². The minimum atomic E-state index is -1.23. The standard InChI is InChI=1S/C23H25N3O4/c1-15(2)23(29)30-14-13-18-9-11-19(12-10-18)25-26-21(17(4)27)22(28)24-20-8-6-5-7-16(20)3/h5-12,21H,1,13-14H2,2-4H3,(H,24,28)/b26-25+. The number of aryl methyl sites for hydroxylation is 1. The highest BCUT2D eigenvalue weighted by Gasteiger charge is 2.23. The number of nitrogens with one attached hydrogen (secondary N) is 1. The van der Waals surface area contributed by atoms with Crippen molar-refractivity contribution in [1.29, 1.82) is 0 Å². The van der Waals surface area contributed by atoms with Crippen LogP contribution in [0.15, 0.2) is 70.9 Å². The molecule has 0 fully saturated rings. The van der Waals surface area contributed by atoms with Gasteiger partial charge in [0.1, 0.15) is 0 Å². The van der Waals surface area contributed by atoms with Gasteiger partial charge in [0.2, 0.25) is 6.04 Å². The molecule has 7 heteroatoms. The summed E-state index contributed by atoms with van der Waals surface area (Å²) in [5, 5.41) is 10.7. The fraction of sp³-hybridized carbons (Fsp3) is 0.261. The van der Waals surface area contributed by atoms with Gasteiger partial charge in [-0.15, -0.1) is 0 Å². The van der Waals surface area contributed by atoms with Crippen LogP contribution in [0.4, 0.5) is 11.4 Å². The maximum atomic E-state index is 12.5.